The summed E-state index contributed by atoms with van der Waals surface area (Å²) >= 11 is 0. The van der Waals surface area contributed by atoms with Crippen LogP contribution in [0.4, 0.5) is 0 Å². The third-order valence-corrected chi connectivity index (χ3v) is 2.67. The second-order valence-electron chi connectivity index (χ2n) is 4.76. The van der Waals surface area contributed by atoms with Gasteiger partial charge in [0.05, 0.1) is 0 Å². The van der Waals surface area contributed by atoms with Crippen molar-refractivity contribution in [2.45, 2.75) is 32.9 Å². The van der Waals surface area contributed by atoms with E-state index in [1.54, 1.807) is 12.4 Å². The highest BCUT2D eigenvalue weighted by Crippen LogP contribution is 2.13. The van der Waals surface area contributed by atoms with Crippen LogP contribution in [0.3, 0.4) is 0 Å². The number of rotatable bonds is 6. The molecule has 1 N–H and O–H groups in total. The molecule has 17 heavy (non-hydrogen) atoms. The van der Waals surface area contributed by atoms with E-state index in [9.17, 15) is 9.90 Å². The Morgan fingerprint density at radius 1 is 1.53 bits per heavy atom. The van der Waals surface area contributed by atoms with E-state index in [4.69, 9.17) is 0 Å². The average molecular weight is 236 g/mol. The SMILES string of the molecule is CC(C)C[C@@H](C(=O)O)N(C)Cc1cccnc1. The van der Waals surface area contributed by atoms with Gasteiger partial charge in [-0.05, 0) is 31.0 Å². The van der Waals surface area contributed by atoms with Gasteiger partial charge in [-0.2, -0.15) is 0 Å². The number of hydrogen-bond donors (Lipinski definition) is 1. The predicted octanol–water partition coefficient (Wildman–Crippen LogP) is 2.01. The van der Waals surface area contributed by atoms with Crippen LogP contribution >= 0.6 is 0 Å². The summed E-state index contributed by atoms with van der Waals surface area (Å²) < 4.78 is 0. The molecule has 0 radical (unpaired) electrons. The molecule has 0 aliphatic rings. The summed E-state index contributed by atoms with van der Waals surface area (Å²) in [5, 5.41) is 9.21. The normalized spacial score (nSPS) is 13.0. The topological polar surface area (TPSA) is 53.4 Å². The lowest BCUT2D eigenvalue weighted by atomic mass is 10.0. The highest BCUT2D eigenvalue weighted by molar-refractivity contribution is 5.73. The molecule has 0 amide bonds. The molecule has 1 aromatic heterocycles. The number of nitrogens with zero attached hydrogens (tertiary/aromatic N) is 2. The van der Waals surface area contributed by atoms with Crippen molar-refractivity contribution in [3.63, 3.8) is 0 Å². The van der Waals surface area contributed by atoms with E-state index >= 15 is 0 Å². The number of aromatic nitrogens is 1. The number of carboxylic acids is 1. The third kappa shape index (κ3) is 4.53. The molecule has 0 fully saturated rings. The highest BCUT2D eigenvalue weighted by Gasteiger charge is 2.23. The maximum Gasteiger partial charge on any atom is 0.320 e. The summed E-state index contributed by atoms with van der Waals surface area (Å²) in [4.78, 5) is 17.1. The first-order valence-electron chi connectivity index (χ1n) is 5.82. The molecule has 0 saturated heterocycles. The Bertz CT molecular complexity index is 352. The quantitative estimate of drug-likeness (QED) is 0.821. The van der Waals surface area contributed by atoms with E-state index in [1.807, 2.05) is 37.9 Å². The van der Waals surface area contributed by atoms with Gasteiger partial charge in [0.1, 0.15) is 6.04 Å². The zero-order valence-corrected chi connectivity index (χ0v) is 10.6. The van der Waals surface area contributed by atoms with Crippen LogP contribution in [0, 0.1) is 5.92 Å². The van der Waals surface area contributed by atoms with Crippen molar-refractivity contribution >= 4 is 5.97 Å². The molecule has 4 heteroatoms. The van der Waals surface area contributed by atoms with Gasteiger partial charge in [0.25, 0.3) is 0 Å². The molecule has 0 spiro atoms. The van der Waals surface area contributed by atoms with Crippen LogP contribution in [0.25, 0.3) is 0 Å². The van der Waals surface area contributed by atoms with Crippen molar-refractivity contribution < 1.29 is 9.90 Å². The van der Waals surface area contributed by atoms with Gasteiger partial charge in [-0.3, -0.25) is 14.7 Å². The molecule has 4 nitrogen and oxygen atoms in total. The van der Waals surface area contributed by atoms with Crippen LogP contribution in [0.5, 0.6) is 0 Å². The number of aliphatic carboxylic acids is 1. The van der Waals surface area contributed by atoms with Gasteiger partial charge in [-0.25, -0.2) is 0 Å². The molecule has 0 unspecified atom stereocenters. The Hall–Kier alpha value is -1.42. The lowest BCUT2D eigenvalue weighted by Crippen LogP contribution is -2.39. The number of carbonyl (C=O) groups is 1. The summed E-state index contributed by atoms with van der Waals surface area (Å²) in [5.41, 5.74) is 1.03. The second kappa shape index (κ2) is 6.35. The van der Waals surface area contributed by atoms with Gasteiger partial charge in [-0.1, -0.05) is 19.9 Å². The minimum Gasteiger partial charge on any atom is -0.480 e. The lowest BCUT2D eigenvalue weighted by molar-refractivity contribution is -0.143. The molecule has 0 saturated carbocycles. The molecule has 1 heterocycles. The van der Waals surface area contributed by atoms with Crippen molar-refractivity contribution in [1.29, 1.82) is 0 Å². The van der Waals surface area contributed by atoms with Crippen molar-refractivity contribution in [3.05, 3.63) is 30.1 Å². The summed E-state index contributed by atoms with van der Waals surface area (Å²) in [6.45, 7) is 4.68. The molecular formula is C13H20N2O2. The lowest BCUT2D eigenvalue weighted by Gasteiger charge is -2.25. The first-order valence-corrected chi connectivity index (χ1v) is 5.82. The molecule has 1 aromatic rings. The monoisotopic (exact) mass is 236 g/mol. The molecule has 1 atom stereocenters. The number of pyridine rings is 1. The van der Waals surface area contributed by atoms with Crippen molar-refractivity contribution in [1.82, 2.24) is 9.88 Å². The second-order valence-corrected chi connectivity index (χ2v) is 4.76. The van der Waals surface area contributed by atoms with Crippen LogP contribution in [0.1, 0.15) is 25.8 Å². The minimum absolute atomic E-state index is 0.368. The van der Waals surface area contributed by atoms with Crippen LogP contribution < -0.4 is 0 Å². The summed E-state index contributed by atoms with van der Waals surface area (Å²) in [7, 11) is 1.84. The average Bonchev–Trinajstić information content (AvgIpc) is 2.26. The van der Waals surface area contributed by atoms with E-state index in [2.05, 4.69) is 4.98 Å². The standard InChI is InChI=1S/C13H20N2O2/c1-10(2)7-12(13(16)17)15(3)9-11-5-4-6-14-8-11/h4-6,8,10,12H,7,9H2,1-3H3,(H,16,17)/t12-/m0/s1. The van der Waals surface area contributed by atoms with Gasteiger partial charge in [0.15, 0.2) is 0 Å². The number of carboxylic acid groups (broad SMARTS) is 1. The summed E-state index contributed by atoms with van der Waals surface area (Å²) in [6.07, 6.45) is 4.14. The van der Waals surface area contributed by atoms with Crippen LogP contribution in [0.15, 0.2) is 24.5 Å². The molecule has 1 rings (SSSR count). The first kappa shape index (κ1) is 13.6. The summed E-state index contributed by atoms with van der Waals surface area (Å²) in [6, 6.07) is 3.38. The maximum atomic E-state index is 11.2. The fraction of sp³-hybridized carbons (Fsp3) is 0.538. The number of hydrogen-bond acceptors (Lipinski definition) is 3. The number of likely N-dealkylation sites (N-methyl/N-ethyl adjacent to an activating group) is 1. The smallest absolute Gasteiger partial charge is 0.320 e. The van der Waals surface area contributed by atoms with E-state index in [0.29, 0.717) is 18.9 Å². The van der Waals surface area contributed by atoms with Crippen LogP contribution in [-0.4, -0.2) is 34.0 Å². The van der Waals surface area contributed by atoms with Gasteiger partial charge in [0.2, 0.25) is 0 Å². The van der Waals surface area contributed by atoms with E-state index in [1.165, 1.54) is 0 Å². The Balaban J connectivity index is 2.65. The zero-order chi connectivity index (χ0) is 12.8. The first-order chi connectivity index (χ1) is 8.00. The van der Waals surface area contributed by atoms with Gasteiger partial charge in [0, 0.05) is 18.9 Å². The van der Waals surface area contributed by atoms with Crippen LogP contribution in [-0.2, 0) is 11.3 Å². The fourth-order valence-corrected chi connectivity index (χ4v) is 1.81. The van der Waals surface area contributed by atoms with Crippen molar-refractivity contribution in [2.75, 3.05) is 7.05 Å². The molecule has 0 aliphatic heterocycles. The highest BCUT2D eigenvalue weighted by atomic mass is 16.4. The van der Waals surface area contributed by atoms with Gasteiger partial charge >= 0.3 is 5.97 Å². The minimum atomic E-state index is -0.759. The largest absolute Gasteiger partial charge is 0.480 e. The Morgan fingerprint density at radius 3 is 2.71 bits per heavy atom. The molecule has 0 bridgehead atoms. The molecule has 0 aliphatic carbocycles. The third-order valence-electron chi connectivity index (χ3n) is 2.67. The van der Waals surface area contributed by atoms with Gasteiger partial charge in [-0.15, -0.1) is 0 Å². The van der Waals surface area contributed by atoms with Crippen LogP contribution in [0.2, 0.25) is 0 Å². The van der Waals surface area contributed by atoms with E-state index in [0.717, 1.165) is 5.56 Å². The molecule has 0 aromatic carbocycles. The Labute approximate surface area is 102 Å². The van der Waals surface area contributed by atoms with E-state index in [-0.39, 0.29) is 0 Å². The Kier molecular flexibility index (Phi) is 5.10. The summed E-state index contributed by atoms with van der Waals surface area (Å²) in [5.74, 6) is -0.391. The van der Waals surface area contributed by atoms with Crippen molar-refractivity contribution in [3.8, 4) is 0 Å². The molecular weight excluding hydrogens is 216 g/mol. The van der Waals surface area contributed by atoms with E-state index < -0.39 is 12.0 Å². The van der Waals surface area contributed by atoms with Crippen molar-refractivity contribution in [2.24, 2.45) is 5.92 Å². The fourth-order valence-electron chi connectivity index (χ4n) is 1.81. The predicted molar refractivity (Wildman–Crippen MR) is 66.6 cm³/mol. The molecule has 94 valence electrons. The zero-order valence-electron chi connectivity index (χ0n) is 10.6. The van der Waals surface area contributed by atoms with Gasteiger partial charge < -0.3 is 5.11 Å². The Morgan fingerprint density at radius 2 is 2.24 bits per heavy atom. The maximum absolute atomic E-state index is 11.2.